The van der Waals surface area contributed by atoms with Crippen molar-refractivity contribution in [2.24, 2.45) is 0 Å². The normalized spacial score (nSPS) is 12.3. The molecule has 4 nitrogen and oxygen atoms in total. The van der Waals surface area contributed by atoms with Gasteiger partial charge in [-0.15, -0.1) is 0 Å². The summed E-state index contributed by atoms with van der Waals surface area (Å²) in [6.07, 6.45) is -4.53. The van der Waals surface area contributed by atoms with Crippen LogP contribution in [-0.4, -0.2) is 38.5 Å². The Hall–Kier alpha value is -1.28. The van der Waals surface area contributed by atoms with Gasteiger partial charge in [-0.2, -0.15) is 13.2 Å². The third-order valence-corrected chi connectivity index (χ3v) is 4.20. The molecule has 0 unspecified atom stereocenters. The van der Waals surface area contributed by atoms with Crippen molar-refractivity contribution >= 4 is 25.6 Å². The summed E-state index contributed by atoms with van der Waals surface area (Å²) < 4.78 is 59.9. The van der Waals surface area contributed by atoms with Crippen molar-refractivity contribution in [2.45, 2.75) is 24.9 Å². The highest BCUT2D eigenvalue weighted by molar-refractivity contribution is 8.13. The SMILES string of the molecule is CCN(CC(F)(F)F)C(=O)c1ccc(C)c(S(=O)(=O)Cl)c1. The van der Waals surface area contributed by atoms with Gasteiger partial charge < -0.3 is 4.90 Å². The van der Waals surface area contributed by atoms with Gasteiger partial charge in [0.2, 0.25) is 0 Å². The number of hydrogen-bond donors (Lipinski definition) is 0. The number of carbonyl (C=O) groups excluding carboxylic acids is 1. The van der Waals surface area contributed by atoms with Gasteiger partial charge in [-0.25, -0.2) is 8.42 Å². The zero-order valence-electron chi connectivity index (χ0n) is 11.2. The van der Waals surface area contributed by atoms with Crippen molar-refractivity contribution in [3.8, 4) is 0 Å². The van der Waals surface area contributed by atoms with Gasteiger partial charge in [0.25, 0.3) is 15.0 Å². The minimum absolute atomic E-state index is 0.158. The summed E-state index contributed by atoms with van der Waals surface area (Å²) in [6, 6.07) is 3.57. The molecule has 21 heavy (non-hydrogen) atoms. The Morgan fingerprint density at radius 2 is 1.90 bits per heavy atom. The second-order valence-corrected chi connectivity index (χ2v) is 6.89. The van der Waals surface area contributed by atoms with E-state index in [9.17, 15) is 26.4 Å². The molecule has 0 N–H and O–H groups in total. The minimum atomic E-state index is -4.53. The first-order valence-electron chi connectivity index (χ1n) is 5.87. The second-order valence-electron chi connectivity index (χ2n) is 4.35. The highest BCUT2D eigenvalue weighted by atomic mass is 35.7. The maximum Gasteiger partial charge on any atom is 0.406 e. The van der Waals surface area contributed by atoms with E-state index in [1.165, 1.54) is 26.0 Å². The molecule has 0 aliphatic heterocycles. The summed E-state index contributed by atoms with van der Waals surface area (Å²) >= 11 is 0. The van der Waals surface area contributed by atoms with E-state index in [0.29, 0.717) is 10.5 Å². The largest absolute Gasteiger partial charge is 0.406 e. The zero-order valence-corrected chi connectivity index (χ0v) is 12.8. The molecule has 1 rings (SSSR count). The number of benzene rings is 1. The van der Waals surface area contributed by atoms with E-state index in [1.54, 1.807) is 0 Å². The molecular formula is C12H13ClF3NO3S. The van der Waals surface area contributed by atoms with Crippen LogP contribution in [0, 0.1) is 6.92 Å². The van der Waals surface area contributed by atoms with Crippen LogP contribution in [0.3, 0.4) is 0 Å². The quantitative estimate of drug-likeness (QED) is 0.790. The number of carbonyl (C=O) groups is 1. The molecule has 0 heterocycles. The molecule has 0 bridgehead atoms. The van der Waals surface area contributed by atoms with Crippen LogP contribution in [0.15, 0.2) is 23.1 Å². The highest BCUT2D eigenvalue weighted by Gasteiger charge is 2.33. The van der Waals surface area contributed by atoms with E-state index in [0.717, 1.165) is 6.07 Å². The number of amides is 1. The lowest BCUT2D eigenvalue weighted by Crippen LogP contribution is -2.38. The molecule has 0 saturated carbocycles. The molecule has 0 fully saturated rings. The van der Waals surface area contributed by atoms with Crippen molar-refractivity contribution in [3.05, 3.63) is 29.3 Å². The molecule has 1 aromatic rings. The number of nitrogens with zero attached hydrogens (tertiary/aromatic N) is 1. The van der Waals surface area contributed by atoms with E-state index in [1.807, 2.05) is 0 Å². The fourth-order valence-electron chi connectivity index (χ4n) is 1.72. The summed E-state index contributed by atoms with van der Waals surface area (Å²) in [7, 11) is 1.15. The number of alkyl halides is 3. The van der Waals surface area contributed by atoms with Gasteiger partial charge in [0.15, 0.2) is 0 Å². The Bertz CT molecular complexity index is 644. The Labute approximate surface area is 124 Å². The topological polar surface area (TPSA) is 54.5 Å². The highest BCUT2D eigenvalue weighted by Crippen LogP contribution is 2.23. The molecule has 0 aliphatic carbocycles. The van der Waals surface area contributed by atoms with Crippen molar-refractivity contribution in [1.82, 2.24) is 4.90 Å². The summed E-state index contributed by atoms with van der Waals surface area (Å²) in [5, 5.41) is 0. The predicted molar refractivity (Wildman–Crippen MR) is 71.9 cm³/mol. The molecule has 0 spiro atoms. The van der Waals surface area contributed by atoms with Crippen molar-refractivity contribution < 1.29 is 26.4 Å². The average molecular weight is 344 g/mol. The molecule has 1 aromatic carbocycles. The van der Waals surface area contributed by atoms with Crippen LogP contribution < -0.4 is 0 Å². The van der Waals surface area contributed by atoms with Gasteiger partial charge in [0.05, 0.1) is 4.90 Å². The molecule has 0 saturated heterocycles. The molecule has 0 radical (unpaired) electrons. The molecule has 9 heteroatoms. The van der Waals surface area contributed by atoms with Gasteiger partial charge in [-0.1, -0.05) is 6.07 Å². The third kappa shape index (κ3) is 4.89. The first kappa shape index (κ1) is 17.8. The van der Waals surface area contributed by atoms with Crippen molar-refractivity contribution in [1.29, 1.82) is 0 Å². The second kappa shape index (κ2) is 6.23. The number of aryl methyl sites for hydroxylation is 1. The van der Waals surface area contributed by atoms with Crippen molar-refractivity contribution in [3.63, 3.8) is 0 Å². The van der Waals surface area contributed by atoms with Crippen LogP contribution in [0.1, 0.15) is 22.8 Å². The van der Waals surface area contributed by atoms with Crippen molar-refractivity contribution in [2.75, 3.05) is 13.1 Å². The maximum absolute atomic E-state index is 12.4. The van der Waals surface area contributed by atoms with Crippen LogP contribution in [-0.2, 0) is 9.05 Å². The number of rotatable bonds is 4. The monoisotopic (exact) mass is 343 g/mol. The molecule has 0 aromatic heterocycles. The Kier molecular flexibility index (Phi) is 5.27. The first-order chi connectivity index (χ1) is 9.45. The smallest absolute Gasteiger partial charge is 0.330 e. The van der Waals surface area contributed by atoms with E-state index in [2.05, 4.69) is 0 Å². The predicted octanol–water partition coefficient (Wildman–Crippen LogP) is 2.95. The lowest BCUT2D eigenvalue weighted by Gasteiger charge is -2.22. The minimum Gasteiger partial charge on any atom is -0.330 e. The molecule has 0 atom stereocenters. The van der Waals surface area contributed by atoms with Gasteiger partial charge >= 0.3 is 6.18 Å². The summed E-state index contributed by atoms with van der Waals surface area (Å²) in [5.74, 6) is -0.906. The van der Waals surface area contributed by atoms with Gasteiger partial charge in [0, 0.05) is 22.8 Å². The summed E-state index contributed by atoms with van der Waals surface area (Å²) in [4.78, 5) is 12.3. The van der Waals surface area contributed by atoms with Crippen LogP contribution in [0.2, 0.25) is 0 Å². The first-order valence-corrected chi connectivity index (χ1v) is 8.18. The lowest BCUT2D eigenvalue weighted by atomic mass is 10.1. The Balaban J connectivity index is 3.19. The standard InChI is InChI=1S/C12H13ClF3NO3S/c1-3-17(7-12(14,15)16)11(18)9-5-4-8(2)10(6-9)21(13,19)20/h4-6H,3,7H2,1-2H3. The van der Waals surface area contributed by atoms with Crippen LogP contribution in [0.25, 0.3) is 0 Å². The Morgan fingerprint density at radius 1 is 1.33 bits per heavy atom. The number of halogens is 4. The van der Waals surface area contributed by atoms with Gasteiger partial charge in [-0.3, -0.25) is 4.79 Å². The Morgan fingerprint density at radius 3 is 2.33 bits per heavy atom. The van der Waals surface area contributed by atoms with E-state index < -0.39 is 27.7 Å². The van der Waals surface area contributed by atoms with Crippen LogP contribution in [0.4, 0.5) is 13.2 Å². The lowest BCUT2D eigenvalue weighted by molar-refractivity contribution is -0.140. The van der Waals surface area contributed by atoms with E-state index in [4.69, 9.17) is 10.7 Å². The summed E-state index contributed by atoms with van der Waals surface area (Å²) in [5.41, 5.74) is 0.145. The molecule has 1 amide bonds. The van der Waals surface area contributed by atoms with Crippen LogP contribution >= 0.6 is 10.7 Å². The molecular weight excluding hydrogens is 331 g/mol. The number of hydrogen-bond acceptors (Lipinski definition) is 3. The fourth-order valence-corrected chi connectivity index (χ4v) is 2.94. The maximum atomic E-state index is 12.4. The average Bonchev–Trinajstić information content (AvgIpc) is 2.33. The summed E-state index contributed by atoms with van der Waals surface area (Å²) in [6.45, 7) is 1.31. The van der Waals surface area contributed by atoms with Gasteiger partial charge in [0.1, 0.15) is 6.54 Å². The van der Waals surface area contributed by atoms with Crippen LogP contribution in [0.5, 0.6) is 0 Å². The molecule has 118 valence electrons. The van der Waals surface area contributed by atoms with E-state index in [-0.39, 0.29) is 17.0 Å². The fraction of sp³-hybridized carbons (Fsp3) is 0.417. The molecule has 0 aliphatic rings. The van der Waals surface area contributed by atoms with Gasteiger partial charge in [-0.05, 0) is 31.5 Å². The zero-order chi connectivity index (χ0) is 16.4. The third-order valence-electron chi connectivity index (χ3n) is 2.74. The van der Waals surface area contributed by atoms with E-state index >= 15 is 0 Å².